The van der Waals surface area contributed by atoms with Crippen LogP contribution in [0.4, 0.5) is 11.4 Å². The summed E-state index contributed by atoms with van der Waals surface area (Å²) in [5.41, 5.74) is 7.63. The number of unbranched alkanes of at least 4 members (excludes halogenated alkanes) is 48. The number of aryl methyl sites for hydroxylation is 2. The molecule has 0 saturated heterocycles. The van der Waals surface area contributed by atoms with E-state index in [2.05, 4.69) is 76.2 Å². The summed E-state index contributed by atoms with van der Waals surface area (Å²) in [5, 5.41) is 0. The molecular weight excluding hydrogens is 976 g/mol. The first-order valence-electron chi connectivity index (χ1n) is 35.0. The zero-order valence-corrected chi connectivity index (χ0v) is 53.4. The minimum Gasteiger partial charge on any atom is -0.252 e. The molecule has 0 saturated carbocycles. The van der Waals surface area contributed by atoms with Gasteiger partial charge in [-0.2, -0.15) is 0 Å². The third kappa shape index (κ3) is 47.6. The molecule has 77 heavy (non-hydrogen) atoms. The van der Waals surface area contributed by atoms with Gasteiger partial charge in [-0.25, -0.2) is 0 Å². The molecule has 2 rings (SSSR count). The number of hydrogen-bond donors (Lipinski definition) is 0. The van der Waals surface area contributed by atoms with Crippen LogP contribution in [0, 0.1) is 0 Å². The van der Waals surface area contributed by atoms with Crippen molar-refractivity contribution >= 4 is 22.8 Å². The Hall–Kier alpha value is -1.73. The molecule has 0 atom stereocenters. The molecule has 0 unspecified atom stereocenters. The van der Waals surface area contributed by atoms with Crippen molar-refractivity contribution in [3.63, 3.8) is 0 Å². The van der Waals surface area contributed by atoms with Crippen molar-refractivity contribution in [2.24, 2.45) is 9.98 Å². The molecule has 2 aromatic rings. The van der Waals surface area contributed by atoms with E-state index in [9.17, 15) is 0 Å². The largest absolute Gasteiger partial charge is 0.252 e. The molecule has 0 aliphatic rings. The summed E-state index contributed by atoms with van der Waals surface area (Å²) in [4.78, 5) is 11.0. The van der Waals surface area contributed by atoms with Crippen LogP contribution < -0.4 is 0 Å². The fourth-order valence-corrected chi connectivity index (χ4v) is 11.7. The van der Waals surface area contributed by atoms with Crippen LogP contribution in [0.25, 0.3) is 0 Å². The summed E-state index contributed by atoms with van der Waals surface area (Å²) in [6, 6.07) is 18.5. The van der Waals surface area contributed by atoms with Gasteiger partial charge < -0.3 is 0 Å². The minimum absolute atomic E-state index is 0. The molecule has 0 fully saturated rings. The second kappa shape index (κ2) is 58.9. The summed E-state index contributed by atoms with van der Waals surface area (Å²) >= 11 is 0. The average molecular weight is 1110 g/mol. The maximum absolute atomic E-state index is 5.54. The van der Waals surface area contributed by atoms with Gasteiger partial charge >= 0.3 is 0 Å². The van der Waals surface area contributed by atoms with Crippen LogP contribution >= 0.6 is 0 Å². The van der Waals surface area contributed by atoms with E-state index in [0.29, 0.717) is 0 Å². The Morgan fingerprint density at radius 2 is 0.455 bits per heavy atom. The van der Waals surface area contributed by atoms with Crippen molar-refractivity contribution in [3.8, 4) is 0 Å². The third-order valence-corrected chi connectivity index (χ3v) is 16.9. The second-order valence-electron chi connectivity index (χ2n) is 24.4. The van der Waals surface area contributed by atoms with E-state index in [1.807, 2.05) is 0 Å². The summed E-state index contributed by atoms with van der Waals surface area (Å²) in [5.74, 6) is 0. The summed E-state index contributed by atoms with van der Waals surface area (Å²) < 4.78 is 0. The molecule has 2 nitrogen and oxygen atoms in total. The molecular formula is C74H132N2Ni. The molecule has 3 heteroatoms. The van der Waals surface area contributed by atoms with Gasteiger partial charge in [-0.15, -0.1) is 0 Å². The van der Waals surface area contributed by atoms with Crippen LogP contribution in [-0.2, 0) is 29.3 Å². The summed E-state index contributed by atoms with van der Waals surface area (Å²) in [7, 11) is 0. The Morgan fingerprint density at radius 1 is 0.247 bits per heavy atom. The van der Waals surface area contributed by atoms with Crippen molar-refractivity contribution in [1.29, 1.82) is 0 Å². The topological polar surface area (TPSA) is 24.7 Å². The van der Waals surface area contributed by atoms with Gasteiger partial charge in [0.2, 0.25) is 0 Å². The second-order valence-corrected chi connectivity index (χ2v) is 24.4. The molecule has 0 spiro atoms. The van der Waals surface area contributed by atoms with Gasteiger partial charge in [-0.3, -0.25) is 9.98 Å². The number of nitrogens with zero attached hydrogens (tertiary/aromatic N) is 2. The van der Waals surface area contributed by atoms with Crippen LogP contribution in [0.15, 0.2) is 58.5 Å². The Morgan fingerprint density at radius 3 is 0.701 bits per heavy atom. The van der Waals surface area contributed by atoms with E-state index in [0.717, 1.165) is 37.1 Å². The number of aliphatic imine (C=N–C) groups is 2. The predicted molar refractivity (Wildman–Crippen MR) is 346 cm³/mol. The molecule has 0 radical (unpaired) electrons. The van der Waals surface area contributed by atoms with Gasteiger partial charge in [-0.05, 0) is 86.8 Å². The fourth-order valence-electron chi connectivity index (χ4n) is 11.7. The molecule has 0 N–H and O–H groups in total. The molecule has 0 amide bonds. The van der Waals surface area contributed by atoms with E-state index in [1.165, 1.54) is 356 Å². The Bertz CT molecular complexity index is 1560. The van der Waals surface area contributed by atoms with Crippen molar-refractivity contribution in [2.75, 3.05) is 0 Å². The quantitative estimate of drug-likeness (QED) is 0.0358. The number of hydrogen-bond acceptors (Lipinski definition) is 2. The van der Waals surface area contributed by atoms with Gasteiger partial charge in [0.05, 0.1) is 22.8 Å². The van der Waals surface area contributed by atoms with Crippen LogP contribution in [0.5, 0.6) is 0 Å². The molecule has 0 aliphatic carbocycles. The molecule has 0 aliphatic heterocycles. The van der Waals surface area contributed by atoms with E-state index in [1.54, 1.807) is 0 Å². The minimum atomic E-state index is 0. The van der Waals surface area contributed by atoms with Crippen LogP contribution in [-0.4, -0.2) is 11.4 Å². The van der Waals surface area contributed by atoms with E-state index in [4.69, 9.17) is 9.98 Å². The molecule has 0 heterocycles. The third-order valence-electron chi connectivity index (χ3n) is 16.9. The maximum Gasteiger partial charge on any atom is 0.0636 e. The monoisotopic (exact) mass is 1110 g/mol. The molecule has 0 bridgehead atoms. The van der Waals surface area contributed by atoms with Gasteiger partial charge in [0.1, 0.15) is 0 Å². The van der Waals surface area contributed by atoms with Crippen molar-refractivity contribution in [1.82, 2.24) is 0 Å². The Labute approximate surface area is 493 Å². The first-order valence-corrected chi connectivity index (χ1v) is 35.0. The predicted octanol–water partition coefficient (Wildman–Crippen LogP) is 26.8. The van der Waals surface area contributed by atoms with E-state index >= 15 is 0 Å². The van der Waals surface area contributed by atoms with Crippen molar-refractivity contribution in [2.45, 2.75) is 387 Å². The maximum atomic E-state index is 5.54. The molecule has 2 aromatic carbocycles. The first-order chi connectivity index (χ1) is 37.7. The zero-order chi connectivity index (χ0) is 54.1. The average Bonchev–Trinajstić information content (AvgIpc) is 3.43. The van der Waals surface area contributed by atoms with Crippen LogP contribution in [0.2, 0.25) is 0 Å². The first kappa shape index (κ1) is 73.3. The van der Waals surface area contributed by atoms with Gasteiger partial charge in [0, 0.05) is 16.5 Å². The Kier molecular flexibility index (Phi) is 56.1. The molecule has 0 aromatic heterocycles. The standard InChI is InChI=1S/C74H132N2.Ni/c1-5-9-13-16-19-22-25-28-29-30-31-32-33-34-35-36-37-38-41-44-47-50-53-56-66-74(76-72-64-58-62-70(68-72)60-55-52-49-46-43-40-27-24-21-18-15-11-7-3)73(65-12-8-4)75-71-63-57-61-69(67-71)59-54-51-48-45-42-39-26-23-20-17-14-10-6-2;/h57-58,61-64,67-68H,5-56,59-60,65-66H2,1-4H3;. The van der Waals surface area contributed by atoms with Gasteiger partial charge in [0.15, 0.2) is 0 Å². The summed E-state index contributed by atoms with van der Waals surface area (Å²) in [6.07, 6.45) is 77.6. The van der Waals surface area contributed by atoms with Crippen molar-refractivity contribution in [3.05, 3.63) is 59.7 Å². The smallest absolute Gasteiger partial charge is 0.0636 e. The van der Waals surface area contributed by atoms with Crippen LogP contribution in [0.1, 0.15) is 386 Å². The number of benzene rings is 2. The van der Waals surface area contributed by atoms with Gasteiger partial charge in [0.25, 0.3) is 0 Å². The number of rotatable bonds is 59. The fraction of sp³-hybridized carbons (Fsp3) is 0.811. The van der Waals surface area contributed by atoms with Crippen LogP contribution in [0.3, 0.4) is 0 Å². The van der Waals surface area contributed by atoms with Gasteiger partial charge in [-0.1, -0.05) is 360 Å². The van der Waals surface area contributed by atoms with E-state index < -0.39 is 0 Å². The Balaban J connectivity index is 0.0000296. The zero-order valence-electron chi connectivity index (χ0n) is 52.4. The van der Waals surface area contributed by atoms with Crippen molar-refractivity contribution < 1.29 is 16.5 Å². The normalized spacial score (nSPS) is 12.0. The van der Waals surface area contributed by atoms with E-state index in [-0.39, 0.29) is 16.5 Å². The summed E-state index contributed by atoms with van der Waals surface area (Å²) in [6.45, 7) is 9.27. The SMILES string of the molecule is CCCCCCCCCCCCCCCCCCCCCCCCCCC(=Nc1cccc(CCCCCCCCCCCCCCC)c1)C(CCCC)=Nc1cccc(CCCCCCCCCCCCCCC)c1.[Ni]. The molecule has 448 valence electrons.